The molecule has 0 bridgehead atoms. The van der Waals surface area contributed by atoms with E-state index in [1.807, 2.05) is 22.7 Å². The fourth-order valence-electron chi connectivity index (χ4n) is 2.20. The van der Waals surface area contributed by atoms with Gasteiger partial charge in [0.05, 0.1) is 0 Å². The van der Waals surface area contributed by atoms with Crippen molar-refractivity contribution in [3.05, 3.63) is 48.7 Å². The zero-order valence-electron chi connectivity index (χ0n) is 7.28. The molecule has 2 heterocycles. The summed E-state index contributed by atoms with van der Waals surface area (Å²) in [5.74, 6) is 0. The molecule has 2 aliphatic carbocycles. The number of hydrogen-bond acceptors (Lipinski definition) is 2. The maximum Gasteiger partial charge on any atom is 0.0355 e. The van der Waals surface area contributed by atoms with Crippen molar-refractivity contribution in [2.75, 3.05) is 0 Å². The third-order valence-electron chi connectivity index (χ3n) is 2.79. The second kappa shape index (κ2) is 2.27. The Bertz CT molecular complexity index is 680. The van der Waals surface area contributed by atoms with Gasteiger partial charge in [-0.15, -0.1) is 22.7 Å². The lowest BCUT2D eigenvalue weighted by Crippen LogP contribution is -2.15. The van der Waals surface area contributed by atoms with Crippen LogP contribution in [-0.2, 0) is 0 Å². The smallest absolute Gasteiger partial charge is 0.0355 e. The predicted octanol–water partition coefficient (Wildman–Crippen LogP) is 2.20. The van der Waals surface area contributed by atoms with Gasteiger partial charge in [-0.2, -0.15) is 0 Å². The molecule has 2 aromatic heterocycles. The summed E-state index contributed by atoms with van der Waals surface area (Å²) in [4.78, 5) is 1.42. The molecular weight excluding hydrogens is 208 g/mol. The molecule has 2 aromatic rings. The summed E-state index contributed by atoms with van der Waals surface area (Å²) < 4.78 is 1.42. The van der Waals surface area contributed by atoms with Gasteiger partial charge >= 0.3 is 0 Å². The van der Waals surface area contributed by atoms with Gasteiger partial charge in [0.15, 0.2) is 0 Å². The normalized spacial score (nSPS) is 16.0. The van der Waals surface area contributed by atoms with Crippen molar-refractivity contribution < 1.29 is 0 Å². The minimum Gasteiger partial charge on any atom is -0.144 e. The highest BCUT2D eigenvalue weighted by atomic mass is 32.1. The van der Waals surface area contributed by atoms with Gasteiger partial charge in [0.25, 0.3) is 0 Å². The lowest BCUT2D eigenvalue weighted by Gasteiger charge is -1.94. The van der Waals surface area contributed by atoms with Crippen molar-refractivity contribution in [3.63, 3.8) is 0 Å². The Hall–Kier alpha value is -1.12. The fraction of sp³-hybridized carbons (Fsp3) is 0. The first-order valence-corrected chi connectivity index (χ1v) is 6.29. The number of allylic oxidation sites excluding steroid dienone is 1. The van der Waals surface area contributed by atoms with Gasteiger partial charge in [0, 0.05) is 20.2 Å². The molecule has 0 spiro atoms. The van der Waals surface area contributed by atoms with E-state index in [1.54, 1.807) is 0 Å². The van der Waals surface area contributed by atoms with Crippen LogP contribution in [0.25, 0.3) is 17.7 Å². The summed E-state index contributed by atoms with van der Waals surface area (Å²) in [6.07, 6.45) is 4.62. The van der Waals surface area contributed by atoms with E-state index in [9.17, 15) is 0 Å². The lowest BCUT2D eigenvalue weighted by molar-refractivity contribution is 1.67. The minimum absolute atomic E-state index is 1.41. The molecule has 0 atom stereocenters. The molecule has 2 aliphatic rings. The Morgan fingerprint density at radius 3 is 2.86 bits per heavy atom. The summed E-state index contributed by atoms with van der Waals surface area (Å²) in [6, 6.07) is 4.47. The predicted molar refractivity (Wildman–Crippen MR) is 62.8 cm³/mol. The molecule has 2 heteroatoms. The Kier molecular flexibility index (Phi) is 1.17. The molecule has 14 heavy (non-hydrogen) atoms. The highest BCUT2D eigenvalue weighted by molar-refractivity contribution is 7.11. The fourth-order valence-corrected chi connectivity index (χ4v) is 3.89. The van der Waals surface area contributed by atoms with Crippen LogP contribution in [0.15, 0.2) is 28.5 Å². The van der Waals surface area contributed by atoms with Gasteiger partial charge in [-0.25, -0.2) is 0 Å². The van der Waals surface area contributed by atoms with Crippen molar-refractivity contribution in [1.82, 2.24) is 0 Å². The second-order valence-electron chi connectivity index (χ2n) is 3.52. The van der Waals surface area contributed by atoms with E-state index in [-0.39, 0.29) is 0 Å². The largest absolute Gasteiger partial charge is 0.144 e. The molecule has 66 valence electrons. The highest BCUT2D eigenvalue weighted by Gasteiger charge is 2.22. The summed E-state index contributed by atoms with van der Waals surface area (Å²) in [7, 11) is 0. The van der Waals surface area contributed by atoms with Crippen LogP contribution in [-0.4, -0.2) is 0 Å². The van der Waals surface area contributed by atoms with E-state index in [1.165, 1.54) is 31.3 Å². The summed E-state index contributed by atoms with van der Waals surface area (Å²) >= 11 is 3.66. The standard InChI is InChI=1S/C12H6S2/c1-3-13-10-5-7-6-11-9(2-4-14-11)12(7)8(1)10/h1-6H. The van der Waals surface area contributed by atoms with Crippen LogP contribution in [0.2, 0.25) is 0 Å². The summed E-state index contributed by atoms with van der Waals surface area (Å²) in [6.45, 7) is 0. The molecular formula is C12H6S2. The first kappa shape index (κ1) is 7.21. The van der Waals surface area contributed by atoms with E-state index in [4.69, 9.17) is 0 Å². The zero-order chi connectivity index (χ0) is 9.12. The maximum absolute atomic E-state index is 2.31. The van der Waals surface area contributed by atoms with Crippen molar-refractivity contribution in [2.24, 2.45) is 0 Å². The maximum atomic E-state index is 2.31. The number of fused-ring (bicyclic) bond motifs is 4. The van der Waals surface area contributed by atoms with E-state index < -0.39 is 0 Å². The van der Waals surface area contributed by atoms with Crippen LogP contribution in [0, 0.1) is 0 Å². The van der Waals surface area contributed by atoms with Gasteiger partial charge < -0.3 is 0 Å². The average Bonchev–Trinajstić information content (AvgIpc) is 2.77. The number of thiophene rings is 2. The molecule has 0 amide bonds. The Labute approximate surface area is 89.1 Å². The molecule has 0 nitrogen and oxygen atoms in total. The van der Waals surface area contributed by atoms with Crippen LogP contribution in [0.1, 0.15) is 10.4 Å². The lowest BCUT2D eigenvalue weighted by atomic mass is 10.1. The SMILES string of the molecule is C1=C2C=c3sccc3=C2c2ccsc21. The van der Waals surface area contributed by atoms with Crippen molar-refractivity contribution in [3.8, 4) is 0 Å². The topological polar surface area (TPSA) is 0 Å². The first-order chi connectivity index (χ1) is 6.93. The molecule has 0 aromatic carbocycles. The molecule has 0 N–H and O–H groups in total. The third-order valence-corrected chi connectivity index (χ3v) is 4.52. The average molecular weight is 214 g/mol. The third kappa shape index (κ3) is 0.703. The number of hydrogen-bond donors (Lipinski definition) is 0. The van der Waals surface area contributed by atoms with Crippen LogP contribution in [0.5, 0.6) is 0 Å². The van der Waals surface area contributed by atoms with Gasteiger partial charge in [0.1, 0.15) is 0 Å². The molecule has 0 unspecified atom stereocenters. The van der Waals surface area contributed by atoms with Gasteiger partial charge in [-0.1, -0.05) is 0 Å². The highest BCUT2D eigenvalue weighted by Crippen LogP contribution is 2.38. The Morgan fingerprint density at radius 1 is 0.929 bits per heavy atom. The Morgan fingerprint density at radius 2 is 1.86 bits per heavy atom. The molecule has 0 saturated heterocycles. The van der Waals surface area contributed by atoms with E-state index in [0.717, 1.165) is 0 Å². The van der Waals surface area contributed by atoms with Gasteiger partial charge in [0.2, 0.25) is 0 Å². The number of rotatable bonds is 0. The van der Waals surface area contributed by atoms with Crippen LogP contribution >= 0.6 is 22.7 Å². The van der Waals surface area contributed by atoms with Crippen LogP contribution in [0.4, 0.5) is 0 Å². The molecule has 4 rings (SSSR count). The van der Waals surface area contributed by atoms with E-state index in [2.05, 4.69) is 35.0 Å². The van der Waals surface area contributed by atoms with Gasteiger partial charge in [-0.3, -0.25) is 0 Å². The van der Waals surface area contributed by atoms with Gasteiger partial charge in [-0.05, 0) is 46.2 Å². The van der Waals surface area contributed by atoms with Crippen molar-refractivity contribution in [2.45, 2.75) is 0 Å². The monoisotopic (exact) mass is 214 g/mol. The van der Waals surface area contributed by atoms with Crippen LogP contribution in [0.3, 0.4) is 0 Å². The zero-order valence-corrected chi connectivity index (χ0v) is 8.91. The van der Waals surface area contributed by atoms with Crippen LogP contribution < -0.4 is 9.75 Å². The minimum atomic E-state index is 1.41. The summed E-state index contributed by atoms with van der Waals surface area (Å²) in [5, 5.41) is 5.78. The van der Waals surface area contributed by atoms with Crippen molar-refractivity contribution >= 4 is 40.4 Å². The molecule has 0 fully saturated rings. The van der Waals surface area contributed by atoms with Crippen molar-refractivity contribution in [1.29, 1.82) is 0 Å². The molecule has 0 radical (unpaired) electrons. The quantitative estimate of drug-likeness (QED) is 0.630. The molecule has 0 saturated carbocycles. The molecule has 0 aliphatic heterocycles. The first-order valence-electron chi connectivity index (χ1n) is 4.53. The summed E-state index contributed by atoms with van der Waals surface area (Å²) in [5.41, 5.74) is 4.30. The van der Waals surface area contributed by atoms with E-state index >= 15 is 0 Å². The second-order valence-corrected chi connectivity index (χ2v) is 5.41. The van der Waals surface area contributed by atoms with E-state index in [0.29, 0.717) is 0 Å². The Balaban J connectivity index is 2.29.